The maximum absolute atomic E-state index is 2.59. The zero-order valence-corrected chi connectivity index (χ0v) is 65.0. The van der Waals surface area contributed by atoms with E-state index in [1.54, 1.807) is 0 Å². The first kappa shape index (κ1) is 65.4. The topological polar surface area (TPSA) is 19.7 Å². The molecule has 540 valence electrons. The molecule has 2 aliphatic carbocycles. The molecule has 6 heterocycles. The molecule has 0 bridgehead atoms. The van der Waals surface area contributed by atoms with E-state index in [1.807, 2.05) is 23.5 Å². The van der Waals surface area contributed by atoms with Crippen molar-refractivity contribution in [2.24, 2.45) is 0 Å². The van der Waals surface area contributed by atoms with Crippen LogP contribution < -0.4 is 32.8 Å². The van der Waals surface area contributed by atoms with Gasteiger partial charge in [-0.1, -0.05) is 323 Å². The lowest BCUT2D eigenvalue weighted by Crippen LogP contribution is -2.55. The molecule has 18 aromatic carbocycles. The fraction of sp³-hybridized carbons (Fsp3) is 0.00917. The van der Waals surface area contributed by atoms with Gasteiger partial charge in [-0.3, -0.25) is 0 Å². The Morgan fingerprint density at radius 1 is 0.205 bits per heavy atom. The second-order valence-corrected chi connectivity index (χ2v) is 34.1. The molecule has 0 saturated heterocycles. The smallest absolute Gasteiger partial charge is 0.244 e. The van der Waals surface area contributed by atoms with Gasteiger partial charge in [-0.2, -0.15) is 0 Å². The molecule has 26 rings (SSSR count). The predicted octanol–water partition coefficient (Wildman–Crippen LogP) is 23.7. The van der Waals surface area contributed by atoms with Crippen molar-refractivity contribution in [1.82, 2.24) is 18.3 Å². The number of hydrogen-bond acceptors (Lipinski definition) is 2. The molecule has 8 heteroatoms. The van der Waals surface area contributed by atoms with E-state index in [1.165, 1.54) is 206 Å². The average Bonchev–Trinajstić information content (AvgIpc) is 1.49. The Kier molecular flexibility index (Phi) is 14.0. The molecule has 0 saturated carbocycles. The lowest BCUT2D eigenvalue weighted by atomic mass is 9.36. The Balaban J connectivity index is 0.700. The summed E-state index contributed by atoms with van der Waals surface area (Å²) in [6.45, 7) is 0.0372. The standard InChI is InChI=1S/C109H66B2N4S2/c1-5-25-71(26-6-1)110-91-37-17-23-43-103(91)116-107-93(110)55-53-89-105(107)85-65-75(114-97-41-21-15-35-79(97)83-63-69(47-59-101(83)114)67-45-57-99-81(61-67)77-33-13-19-39-95(77)112(99)73-29-9-3-10-30-73)49-51-87(85)109(89)88-52-50-76(66-86(88)106-90(109)54-56-94-108(106)117-104-44-24-18-38-92(104)111(94)72-27-7-2-8-28-72)115-98-42-22-16-36-80(98)84-64-70(48-60-102(84)115)68-46-58-100-82(62-68)78-34-14-20-40-96(78)113(100)74-31-11-4-12-32-74/h1-66H. The maximum atomic E-state index is 2.59. The molecule has 0 fully saturated rings. The van der Waals surface area contributed by atoms with Crippen LogP contribution in [0.5, 0.6) is 0 Å². The van der Waals surface area contributed by atoms with E-state index in [2.05, 4.69) is 419 Å². The van der Waals surface area contributed by atoms with Crippen LogP contribution >= 0.6 is 23.5 Å². The lowest BCUT2D eigenvalue weighted by molar-refractivity contribution is 0.791. The van der Waals surface area contributed by atoms with Crippen LogP contribution in [-0.4, -0.2) is 31.7 Å². The Bertz CT molecular complexity index is 7560. The largest absolute Gasteiger partial charge is 0.309 e. The van der Waals surface area contributed by atoms with E-state index in [4.69, 9.17) is 0 Å². The van der Waals surface area contributed by atoms with Gasteiger partial charge in [0, 0.05) is 96.5 Å². The summed E-state index contributed by atoms with van der Waals surface area (Å²) in [5.41, 5.74) is 36.5. The number of nitrogens with zero attached hydrogens (tertiary/aromatic N) is 4. The second kappa shape index (κ2) is 25.0. The van der Waals surface area contributed by atoms with Gasteiger partial charge in [-0.15, -0.1) is 0 Å². The summed E-state index contributed by atoms with van der Waals surface area (Å²) in [6.07, 6.45) is 0. The zero-order valence-electron chi connectivity index (χ0n) is 63.4. The normalized spacial score (nSPS) is 13.4. The van der Waals surface area contributed by atoms with Gasteiger partial charge in [0.1, 0.15) is 0 Å². The Morgan fingerprint density at radius 2 is 0.496 bits per heavy atom. The number of fused-ring (bicyclic) bond motifs is 28. The molecular weight excluding hydrogens is 1450 g/mol. The summed E-state index contributed by atoms with van der Waals surface area (Å²) in [5.74, 6) is 0. The molecule has 2 aliphatic heterocycles. The van der Waals surface area contributed by atoms with Crippen molar-refractivity contribution < 1.29 is 0 Å². The molecule has 22 aromatic rings. The molecule has 117 heavy (non-hydrogen) atoms. The van der Waals surface area contributed by atoms with Crippen LogP contribution in [0.15, 0.2) is 420 Å². The fourth-order valence-electron chi connectivity index (χ4n) is 21.4. The summed E-state index contributed by atoms with van der Waals surface area (Å²) in [5, 5.41) is 9.86. The summed E-state index contributed by atoms with van der Waals surface area (Å²) >= 11 is 3.93. The van der Waals surface area contributed by atoms with E-state index in [9.17, 15) is 0 Å². The molecular formula is C109H66B2N4S2. The summed E-state index contributed by atoms with van der Waals surface area (Å²) < 4.78 is 9.91. The Morgan fingerprint density at radius 3 is 0.855 bits per heavy atom. The van der Waals surface area contributed by atoms with E-state index in [0.29, 0.717) is 0 Å². The van der Waals surface area contributed by atoms with Crippen molar-refractivity contribution in [3.05, 3.63) is 423 Å². The quantitative estimate of drug-likeness (QED) is 0.141. The van der Waals surface area contributed by atoms with Gasteiger partial charge in [0.15, 0.2) is 0 Å². The second-order valence-electron chi connectivity index (χ2n) is 32.0. The summed E-state index contributed by atoms with van der Waals surface area (Å²) in [4.78, 5) is 5.24. The first-order valence-corrected chi connectivity index (χ1v) is 42.2. The van der Waals surface area contributed by atoms with E-state index in [-0.39, 0.29) is 13.4 Å². The maximum Gasteiger partial charge on any atom is 0.244 e. The van der Waals surface area contributed by atoms with Gasteiger partial charge in [-0.25, -0.2) is 0 Å². The molecule has 0 unspecified atom stereocenters. The molecule has 0 atom stereocenters. The van der Waals surface area contributed by atoms with Gasteiger partial charge in [0.2, 0.25) is 13.4 Å². The molecule has 0 amide bonds. The van der Waals surface area contributed by atoms with Crippen molar-refractivity contribution >= 4 is 157 Å². The van der Waals surface area contributed by atoms with Gasteiger partial charge in [0.05, 0.1) is 49.5 Å². The third kappa shape index (κ3) is 9.25. The van der Waals surface area contributed by atoms with Crippen molar-refractivity contribution in [1.29, 1.82) is 0 Å². The summed E-state index contributed by atoms with van der Waals surface area (Å²) in [7, 11) is 0. The van der Waals surface area contributed by atoms with Crippen molar-refractivity contribution in [2.75, 3.05) is 0 Å². The van der Waals surface area contributed by atoms with Gasteiger partial charge >= 0.3 is 0 Å². The van der Waals surface area contributed by atoms with Gasteiger partial charge < -0.3 is 18.3 Å². The minimum Gasteiger partial charge on any atom is -0.309 e. The number of benzene rings is 18. The average molecular weight is 1520 g/mol. The van der Waals surface area contributed by atoms with E-state index < -0.39 is 5.41 Å². The minimum absolute atomic E-state index is 0.0186. The number of para-hydroxylation sites is 6. The first-order chi connectivity index (χ1) is 58.1. The van der Waals surface area contributed by atoms with Crippen molar-refractivity contribution in [3.8, 4) is 67.3 Å². The monoisotopic (exact) mass is 1520 g/mol. The first-order valence-electron chi connectivity index (χ1n) is 40.6. The third-order valence-corrected chi connectivity index (χ3v) is 28.7. The highest BCUT2D eigenvalue weighted by Crippen LogP contribution is 2.66. The minimum atomic E-state index is -0.746. The van der Waals surface area contributed by atoms with E-state index in [0.717, 1.165) is 22.7 Å². The fourth-order valence-corrected chi connectivity index (χ4v) is 24.0. The van der Waals surface area contributed by atoms with Crippen LogP contribution in [0.2, 0.25) is 0 Å². The van der Waals surface area contributed by atoms with Crippen LogP contribution in [0.1, 0.15) is 22.3 Å². The number of aromatic nitrogens is 4. The molecule has 4 nitrogen and oxygen atoms in total. The molecule has 0 radical (unpaired) electrons. The molecule has 4 aliphatic rings. The lowest BCUT2D eigenvalue weighted by Gasteiger charge is -2.33. The van der Waals surface area contributed by atoms with E-state index >= 15 is 0 Å². The number of hydrogen-bond donors (Lipinski definition) is 0. The van der Waals surface area contributed by atoms with Gasteiger partial charge in [-0.05, 0) is 189 Å². The SMILES string of the molecule is c1ccc(B2c3ccccc3Sc3c2ccc2c3-c3cc(-n4c5ccccc5c5cc(-c6ccc7c(c6)c6ccccc6n7-c6ccccc6)ccc54)ccc3C23c2ccc(-n4c5ccccc5c5cc(-c6ccc7c(c6)c6ccccc6n7-c6ccccc6)ccc54)cc2-c2c3ccc3c2Sc2ccccc2B3c2ccccc2)cc1. The predicted molar refractivity (Wildman–Crippen MR) is 494 cm³/mol. The molecule has 1 spiro atoms. The van der Waals surface area contributed by atoms with Crippen LogP contribution in [-0.2, 0) is 5.41 Å². The van der Waals surface area contributed by atoms with Crippen LogP contribution in [0.3, 0.4) is 0 Å². The van der Waals surface area contributed by atoms with Crippen molar-refractivity contribution in [3.63, 3.8) is 0 Å². The molecule has 4 aromatic heterocycles. The molecule has 0 N–H and O–H groups in total. The van der Waals surface area contributed by atoms with Crippen LogP contribution in [0.4, 0.5) is 0 Å². The third-order valence-electron chi connectivity index (χ3n) is 26.2. The summed E-state index contributed by atoms with van der Waals surface area (Å²) in [6, 6.07) is 152. The highest BCUT2D eigenvalue weighted by atomic mass is 32.2. The Labute approximate surface area is 685 Å². The van der Waals surface area contributed by atoms with Crippen LogP contribution in [0.25, 0.3) is 154 Å². The van der Waals surface area contributed by atoms with Gasteiger partial charge in [0.25, 0.3) is 0 Å². The Hall–Kier alpha value is -14.0. The highest BCUT2D eigenvalue weighted by Gasteiger charge is 2.55. The number of rotatable bonds is 8. The van der Waals surface area contributed by atoms with Crippen LogP contribution in [0, 0.1) is 0 Å². The van der Waals surface area contributed by atoms with Crippen molar-refractivity contribution in [2.45, 2.75) is 25.0 Å². The zero-order chi connectivity index (χ0) is 76.3. The highest BCUT2D eigenvalue weighted by molar-refractivity contribution is 8.00.